The third-order valence-electron chi connectivity index (χ3n) is 7.29. The van der Waals surface area contributed by atoms with Gasteiger partial charge < -0.3 is 15.5 Å². The van der Waals surface area contributed by atoms with Crippen molar-refractivity contribution in [1.82, 2.24) is 24.8 Å². The van der Waals surface area contributed by atoms with E-state index in [9.17, 15) is 13.6 Å². The Hall–Kier alpha value is -3.89. The molecule has 0 saturated carbocycles. The van der Waals surface area contributed by atoms with E-state index in [2.05, 4.69) is 20.6 Å². The Labute approximate surface area is 219 Å². The van der Waals surface area contributed by atoms with Gasteiger partial charge in [0.2, 0.25) is 0 Å². The second-order valence-corrected chi connectivity index (χ2v) is 9.81. The van der Waals surface area contributed by atoms with Crippen LogP contribution < -0.4 is 15.5 Å². The summed E-state index contributed by atoms with van der Waals surface area (Å²) in [4.78, 5) is 22.3. The van der Waals surface area contributed by atoms with E-state index in [0.29, 0.717) is 41.2 Å². The fourth-order valence-electron chi connectivity index (χ4n) is 5.33. The maximum atomic E-state index is 14.5. The number of rotatable bonds is 6. The predicted molar refractivity (Wildman–Crippen MR) is 141 cm³/mol. The van der Waals surface area contributed by atoms with Gasteiger partial charge in [0.1, 0.15) is 23.0 Å². The van der Waals surface area contributed by atoms with Gasteiger partial charge in [0.05, 0.1) is 12.2 Å². The predicted octanol–water partition coefficient (Wildman–Crippen LogP) is 4.01. The molecular weight excluding hydrogens is 488 g/mol. The van der Waals surface area contributed by atoms with Crippen molar-refractivity contribution in [3.05, 3.63) is 89.2 Å². The number of fused-ring (bicyclic) bond motifs is 1. The number of nitrogens with one attached hydrogen (secondary N) is 2. The standard InChI is InChI=1S/C28H29F2N7O/c29-20-5-8-24(30)22(16-20)25-2-1-12-36(25)26-9-13-37-27(34-26)23(17-32-37)28(38)33-21-6-3-19(4-7-21)18-35-14-10-31-11-15-35/h3-9,13,16-17,25,31H,1-2,10-12,14-15,18H2,(H,33,38)/t25-/m1/s1. The van der Waals surface area contributed by atoms with Crippen LogP contribution in [-0.2, 0) is 6.54 Å². The number of carbonyl (C=O) groups is 1. The summed E-state index contributed by atoms with van der Waals surface area (Å²) in [6, 6.07) is 12.9. The second-order valence-electron chi connectivity index (χ2n) is 9.81. The van der Waals surface area contributed by atoms with Gasteiger partial charge in [0.15, 0.2) is 5.65 Å². The Morgan fingerprint density at radius 1 is 1.05 bits per heavy atom. The van der Waals surface area contributed by atoms with Crippen molar-refractivity contribution in [2.75, 3.05) is 42.9 Å². The summed E-state index contributed by atoms with van der Waals surface area (Å²) < 4.78 is 30.0. The molecule has 0 aliphatic carbocycles. The average Bonchev–Trinajstić information content (AvgIpc) is 3.59. The van der Waals surface area contributed by atoms with Crippen LogP contribution in [0.3, 0.4) is 0 Å². The highest BCUT2D eigenvalue weighted by atomic mass is 19.1. The normalized spacial score (nSPS) is 18.3. The van der Waals surface area contributed by atoms with E-state index in [1.807, 2.05) is 29.2 Å². The van der Waals surface area contributed by atoms with Gasteiger partial charge in [-0.3, -0.25) is 9.69 Å². The highest BCUT2D eigenvalue weighted by Gasteiger charge is 2.30. The third kappa shape index (κ3) is 4.97. The number of hydrogen-bond donors (Lipinski definition) is 2. The molecule has 2 saturated heterocycles. The largest absolute Gasteiger partial charge is 0.349 e. The average molecular weight is 518 g/mol. The molecule has 38 heavy (non-hydrogen) atoms. The van der Waals surface area contributed by atoms with Crippen LogP contribution >= 0.6 is 0 Å². The zero-order chi connectivity index (χ0) is 26.1. The van der Waals surface area contributed by atoms with Crippen LogP contribution in [0.2, 0.25) is 0 Å². The van der Waals surface area contributed by atoms with Crippen LogP contribution in [0.25, 0.3) is 5.65 Å². The van der Waals surface area contributed by atoms with Gasteiger partial charge in [-0.2, -0.15) is 5.10 Å². The number of nitrogens with zero attached hydrogens (tertiary/aromatic N) is 5. The minimum atomic E-state index is -0.469. The molecule has 2 fully saturated rings. The first-order valence-corrected chi connectivity index (χ1v) is 12.9. The van der Waals surface area contributed by atoms with Crippen molar-refractivity contribution in [1.29, 1.82) is 0 Å². The van der Waals surface area contributed by atoms with Crippen LogP contribution in [0.15, 0.2) is 60.9 Å². The maximum Gasteiger partial charge on any atom is 0.261 e. The second kappa shape index (κ2) is 10.5. The number of anilines is 2. The Balaban J connectivity index is 1.20. The molecule has 1 amide bonds. The van der Waals surface area contributed by atoms with Crippen molar-refractivity contribution in [3.8, 4) is 0 Å². The molecule has 2 aromatic carbocycles. The van der Waals surface area contributed by atoms with E-state index in [4.69, 9.17) is 4.98 Å². The summed E-state index contributed by atoms with van der Waals surface area (Å²) >= 11 is 0. The van der Waals surface area contributed by atoms with E-state index in [1.54, 1.807) is 16.8 Å². The molecule has 2 aliphatic rings. The van der Waals surface area contributed by atoms with E-state index in [-0.39, 0.29) is 11.9 Å². The van der Waals surface area contributed by atoms with Crippen molar-refractivity contribution in [3.63, 3.8) is 0 Å². The molecule has 2 aromatic heterocycles. The van der Waals surface area contributed by atoms with Gasteiger partial charge in [0.25, 0.3) is 5.91 Å². The molecule has 4 heterocycles. The van der Waals surface area contributed by atoms with E-state index < -0.39 is 11.6 Å². The lowest BCUT2D eigenvalue weighted by Crippen LogP contribution is -2.42. The van der Waals surface area contributed by atoms with Crippen LogP contribution in [0.4, 0.5) is 20.3 Å². The number of halogens is 2. The highest BCUT2D eigenvalue weighted by Crippen LogP contribution is 2.37. The molecule has 4 aromatic rings. The minimum Gasteiger partial charge on any atom is -0.349 e. The van der Waals surface area contributed by atoms with E-state index in [1.165, 1.54) is 17.8 Å². The first-order chi connectivity index (χ1) is 18.5. The number of amides is 1. The van der Waals surface area contributed by atoms with Crippen LogP contribution in [0.1, 0.15) is 40.4 Å². The number of benzene rings is 2. The molecule has 0 unspecified atom stereocenters. The fourth-order valence-corrected chi connectivity index (χ4v) is 5.33. The Bertz CT molecular complexity index is 1450. The molecule has 8 nitrogen and oxygen atoms in total. The first kappa shape index (κ1) is 24.4. The smallest absolute Gasteiger partial charge is 0.261 e. The number of aromatic nitrogens is 3. The Morgan fingerprint density at radius 3 is 2.68 bits per heavy atom. The number of carbonyl (C=O) groups excluding carboxylic acids is 1. The lowest BCUT2D eigenvalue weighted by Gasteiger charge is -2.27. The van der Waals surface area contributed by atoms with Crippen LogP contribution in [-0.4, -0.2) is 58.1 Å². The van der Waals surface area contributed by atoms with Crippen molar-refractivity contribution >= 4 is 23.1 Å². The Morgan fingerprint density at radius 2 is 1.87 bits per heavy atom. The maximum absolute atomic E-state index is 14.5. The van der Waals surface area contributed by atoms with Gasteiger partial charge in [0, 0.05) is 56.7 Å². The zero-order valence-electron chi connectivity index (χ0n) is 20.9. The van der Waals surface area contributed by atoms with E-state index >= 15 is 0 Å². The van der Waals surface area contributed by atoms with Gasteiger partial charge in [-0.05, 0) is 54.8 Å². The lowest BCUT2D eigenvalue weighted by atomic mass is 10.0. The van der Waals surface area contributed by atoms with Gasteiger partial charge >= 0.3 is 0 Å². The van der Waals surface area contributed by atoms with Gasteiger partial charge in [-0.25, -0.2) is 18.3 Å². The number of hydrogen-bond acceptors (Lipinski definition) is 6. The quantitative estimate of drug-likeness (QED) is 0.403. The summed E-state index contributed by atoms with van der Waals surface area (Å²) in [5.41, 5.74) is 2.94. The molecule has 6 rings (SSSR count). The lowest BCUT2D eigenvalue weighted by molar-refractivity contribution is 0.102. The summed E-state index contributed by atoms with van der Waals surface area (Å²) in [6.07, 6.45) is 4.74. The molecule has 2 aliphatic heterocycles. The van der Waals surface area contributed by atoms with Gasteiger partial charge in [-0.15, -0.1) is 0 Å². The zero-order valence-corrected chi connectivity index (χ0v) is 20.9. The molecular formula is C28H29F2N7O. The molecule has 0 bridgehead atoms. The molecule has 0 spiro atoms. The molecule has 10 heteroatoms. The van der Waals surface area contributed by atoms with E-state index in [0.717, 1.165) is 51.3 Å². The third-order valence-corrected chi connectivity index (χ3v) is 7.29. The SMILES string of the molecule is O=C(Nc1ccc(CN2CCNCC2)cc1)c1cnn2ccc(N3CCC[C@@H]3c3cc(F)ccc3F)nc12. The van der Waals surface area contributed by atoms with Crippen LogP contribution in [0.5, 0.6) is 0 Å². The first-order valence-electron chi connectivity index (χ1n) is 12.9. The van der Waals surface area contributed by atoms with Crippen LogP contribution in [0, 0.1) is 11.6 Å². The summed E-state index contributed by atoms with van der Waals surface area (Å²) in [5, 5.41) is 10.6. The fraction of sp³-hybridized carbons (Fsp3) is 0.321. The highest BCUT2D eigenvalue weighted by molar-refractivity contribution is 6.08. The van der Waals surface area contributed by atoms with Gasteiger partial charge in [-0.1, -0.05) is 12.1 Å². The minimum absolute atomic E-state index is 0.311. The number of piperazine rings is 1. The van der Waals surface area contributed by atoms with Crippen molar-refractivity contribution < 1.29 is 13.6 Å². The van der Waals surface area contributed by atoms with Crippen molar-refractivity contribution in [2.24, 2.45) is 0 Å². The summed E-state index contributed by atoms with van der Waals surface area (Å²) in [7, 11) is 0. The molecule has 1 atom stereocenters. The van der Waals surface area contributed by atoms with Crippen molar-refractivity contribution in [2.45, 2.75) is 25.4 Å². The summed E-state index contributed by atoms with van der Waals surface area (Å²) in [6.45, 7) is 5.59. The Kier molecular flexibility index (Phi) is 6.73. The monoisotopic (exact) mass is 517 g/mol. The topological polar surface area (TPSA) is 77.8 Å². The summed E-state index contributed by atoms with van der Waals surface area (Å²) in [5.74, 6) is -0.625. The molecule has 0 radical (unpaired) electrons. The molecule has 196 valence electrons. The molecule has 2 N–H and O–H groups in total.